The maximum Gasteiger partial charge on any atom is 0.229 e. The molecule has 2 atom stereocenters. The highest BCUT2D eigenvalue weighted by molar-refractivity contribution is 5.93. The Morgan fingerprint density at radius 2 is 2.11 bits per heavy atom. The summed E-state index contributed by atoms with van der Waals surface area (Å²) in [5.74, 6) is 1.38. The van der Waals surface area contributed by atoms with Crippen molar-refractivity contribution in [1.29, 1.82) is 0 Å². The first-order valence-electron chi connectivity index (χ1n) is 6.45. The highest BCUT2D eigenvalue weighted by Gasteiger charge is 2.29. The Balaban J connectivity index is 1.94. The smallest absolute Gasteiger partial charge is 0.229 e. The molecule has 2 N–H and O–H groups in total. The third-order valence-electron chi connectivity index (χ3n) is 3.29. The van der Waals surface area contributed by atoms with Gasteiger partial charge in [0.2, 0.25) is 5.91 Å². The summed E-state index contributed by atoms with van der Waals surface area (Å²) in [6.45, 7) is 6.38. The van der Waals surface area contributed by atoms with E-state index in [-0.39, 0.29) is 11.8 Å². The van der Waals surface area contributed by atoms with Gasteiger partial charge in [0.15, 0.2) is 0 Å². The Morgan fingerprint density at radius 3 is 2.67 bits per heavy atom. The summed E-state index contributed by atoms with van der Waals surface area (Å²) in [7, 11) is 0. The summed E-state index contributed by atoms with van der Waals surface area (Å²) in [6.07, 6.45) is 0. The number of carbonyl (C=O) groups excluding carboxylic acids is 1. The van der Waals surface area contributed by atoms with Crippen molar-refractivity contribution < 1.29 is 9.53 Å². The molecule has 2 rings (SSSR count). The summed E-state index contributed by atoms with van der Waals surface area (Å²) in [5, 5.41) is 6.18. The molecule has 1 aliphatic heterocycles. The van der Waals surface area contributed by atoms with Crippen molar-refractivity contribution in [2.75, 3.05) is 25.0 Å². The van der Waals surface area contributed by atoms with Gasteiger partial charge in [-0.05, 0) is 43.7 Å². The average molecular weight is 248 g/mol. The van der Waals surface area contributed by atoms with Gasteiger partial charge in [-0.1, -0.05) is 6.92 Å². The Hall–Kier alpha value is -1.55. The molecule has 2 unspecified atom stereocenters. The fourth-order valence-corrected chi connectivity index (χ4v) is 2.20. The molecule has 0 aromatic heterocycles. The van der Waals surface area contributed by atoms with Crippen LogP contribution in [0.25, 0.3) is 0 Å². The van der Waals surface area contributed by atoms with Gasteiger partial charge in [-0.3, -0.25) is 4.79 Å². The van der Waals surface area contributed by atoms with E-state index in [0.717, 1.165) is 24.5 Å². The van der Waals surface area contributed by atoms with Gasteiger partial charge in [0, 0.05) is 12.2 Å². The highest BCUT2D eigenvalue weighted by atomic mass is 16.5. The molecule has 0 radical (unpaired) electrons. The minimum absolute atomic E-state index is 0.0663. The highest BCUT2D eigenvalue weighted by Crippen LogP contribution is 2.20. The maximum absolute atomic E-state index is 12.1. The van der Waals surface area contributed by atoms with Gasteiger partial charge in [0.25, 0.3) is 0 Å². The van der Waals surface area contributed by atoms with E-state index >= 15 is 0 Å². The van der Waals surface area contributed by atoms with Gasteiger partial charge in [-0.25, -0.2) is 0 Å². The molecular formula is C14H20N2O2. The molecule has 4 heteroatoms. The SMILES string of the molecule is CCOc1ccc(NC(=O)C2CNCC2C)cc1. The van der Waals surface area contributed by atoms with E-state index in [1.54, 1.807) is 0 Å². The van der Waals surface area contributed by atoms with Crippen LogP contribution >= 0.6 is 0 Å². The second-order valence-electron chi connectivity index (χ2n) is 4.69. The molecule has 1 aromatic rings. The van der Waals surface area contributed by atoms with Gasteiger partial charge in [0.05, 0.1) is 12.5 Å². The molecule has 0 spiro atoms. The molecule has 1 fully saturated rings. The predicted octanol–water partition coefficient (Wildman–Crippen LogP) is 1.88. The minimum Gasteiger partial charge on any atom is -0.494 e. The second kappa shape index (κ2) is 5.87. The standard InChI is InChI=1S/C14H20N2O2/c1-3-18-12-6-4-11(5-7-12)16-14(17)13-9-15-8-10(13)2/h4-7,10,13,15H,3,8-9H2,1-2H3,(H,16,17). The molecule has 0 bridgehead atoms. The van der Waals surface area contributed by atoms with Crippen LogP contribution < -0.4 is 15.4 Å². The third kappa shape index (κ3) is 3.01. The summed E-state index contributed by atoms with van der Waals surface area (Å²) < 4.78 is 5.36. The van der Waals surface area contributed by atoms with Crippen LogP contribution in [0.4, 0.5) is 5.69 Å². The topological polar surface area (TPSA) is 50.4 Å². The molecule has 0 aliphatic carbocycles. The van der Waals surface area contributed by atoms with Crippen LogP contribution in [-0.4, -0.2) is 25.6 Å². The predicted molar refractivity (Wildman–Crippen MR) is 71.8 cm³/mol. The molecule has 18 heavy (non-hydrogen) atoms. The van der Waals surface area contributed by atoms with Crippen LogP contribution in [0.15, 0.2) is 24.3 Å². The van der Waals surface area contributed by atoms with Crippen molar-refractivity contribution >= 4 is 11.6 Å². The fraction of sp³-hybridized carbons (Fsp3) is 0.500. The zero-order valence-corrected chi connectivity index (χ0v) is 10.9. The van der Waals surface area contributed by atoms with Crippen molar-refractivity contribution in [2.45, 2.75) is 13.8 Å². The average Bonchev–Trinajstić information content (AvgIpc) is 2.78. The van der Waals surface area contributed by atoms with Gasteiger partial charge in [-0.15, -0.1) is 0 Å². The number of benzene rings is 1. The molecule has 0 saturated carbocycles. The first-order chi connectivity index (χ1) is 8.70. The van der Waals surface area contributed by atoms with E-state index in [1.165, 1.54) is 0 Å². The summed E-state index contributed by atoms with van der Waals surface area (Å²) in [5.41, 5.74) is 0.822. The van der Waals surface area contributed by atoms with Crippen molar-refractivity contribution in [3.05, 3.63) is 24.3 Å². The van der Waals surface area contributed by atoms with Crippen molar-refractivity contribution in [2.24, 2.45) is 11.8 Å². The first kappa shape index (κ1) is 12.9. The largest absolute Gasteiger partial charge is 0.494 e. The second-order valence-corrected chi connectivity index (χ2v) is 4.69. The number of anilines is 1. The van der Waals surface area contributed by atoms with E-state index in [4.69, 9.17) is 4.74 Å². The Bertz CT molecular complexity index is 403. The number of hydrogen-bond donors (Lipinski definition) is 2. The fourth-order valence-electron chi connectivity index (χ4n) is 2.20. The lowest BCUT2D eigenvalue weighted by atomic mass is 9.97. The lowest BCUT2D eigenvalue weighted by Gasteiger charge is -2.14. The third-order valence-corrected chi connectivity index (χ3v) is 3.29. The number of ether oxygens (including phenoxy) is 1. The monoisotopic (exact) mass is 248 g/mol. The summed E-state index contributed by atoms with van der Waals surface area (Å²) >= 11 is 0. The van der Waals surface area contributed by atoms with Crippen molar-refractivity contribution in [3.63, 3.8) is 0 Å². The molecule has 98 valence electrons. The number of nitrogens with one attached hydrogen (secondary N) is 2. The normalized spacial score (nSPS) is 22.8. The van der Waals surface area contributed by atoms with Gasteiger partial charge in [0.1, 0.15) is 5.75 Å². The van der Waals surface area contributed by atoms with Crippen LogP contribution in [0, 0.1) is 11.8 Å². The molecule has 1 amide bonds. The number of carbonyl (C=O) groups is 1. The Morgan fingerprint density at radius 1 is 1.39 bits per heavy atom. The Kier molecular flexibility index (Phi) is 4.20. The van der Waals surface area contributed by atoms with E-state index in [9.17, 15) is 4.79 Å². The van der Waals surface area contributed by atoms with Crippen molar-refractivity contribution in [1.82, 2.24) is 5.32 Å². The number of rotatable bonds is 4. The van der Waals surface area contributed by atoms with Gasteiger partial charge in [-0.2, -0.15) is 0 Å². The lowest BCUT2D eigenvalue weighted by Crippen LogP contribution is -2.27. The zero-order valence-electron chi connectivity index (χ0n) is 10.9. The quantitative estimate of drug-likeness (QED) is 0.855. The minimum atomic E-state index is 0.0663. The summed E-state index contributed by atoms with van der Waals surface area (Å²) in [6, 6.07) is 7.48. The van der Waals surface area contributed by atoms with Crippen LogP contribution in [0.1, 0.15) is 13.8 Å². The van der Waals surface area contributed by atoms with Crippen LogP contribution in [0.2, 0.25) is 0 Å². The van der Waals surface area contributed by atoms with Crippen LogP contribution in [0.5, 0.6) is 5.75 Å². The Labute approximate surface area is 108 Å². The summed E-state index contributed by atoms with van der Waals surface area (Å²) in [4.78, 5) is 12.1. The number of hydrogen-bond acceptors (Lipinski definition) is 3. The first-order valence-corrected chi connectivity index (χ1v) is 6.45. The molecule has 1 saturated heterocycles. The number of amides is 1. The van der Waals surface area contributed by atoms with Gasteiger partial charge >= 0.3 is 0 Å². The van der Waals surface area contributed by atoms with E-state index < -0.39 is 0 Å². The van der Waals surface area contributed by atoms with E-state index in [2.05, 4.69) is 17.6 Å². The van der Waals surface area contributed by atoms with E-state index in [0.29, 0.717) is 12.5 Å². The van der Waals surface area contributed by atoms with Crippen LogP contribution in [-0.2, 0) is 4.79 Å². The molecular weight excluding hydrogens is 228 g/mol. The molecule has 1 aromatic carbocycles. The lowest BCUT2D eigenvalue weighted by molar-refractivity contribution is -0.120. The van der Waals surface area contributed by atoms with Gasteiger partial charge < -0.3 is 15.4 Å². The van der Waals surface area contributed by atoms with Crippen LogP contribution in [0.3, 0.4) is 0 Å². The van der Waals surface area contributed by atoms with Crippen molar-refractivity contribution in [3.8, 4) is 5.75 Å². The maximum atomic E-state index is 12.1. The molecule has 4 nitrogen and oxygen atoms in total. The molecule has 1 aliphatic rings. The van der Waals surface area contributed by atoms with E-state index in [1.807, 2.05) is 31.2 Å². The zero-order chi connectivity index (χ0) is 13.0. The molecule has 1 heterocycles.